The Bertz CT molecular complexity index is 960. The molecule has 0 fully saturated rings. The summed E-state index contributed by atoms with van der Waals surface area (Å²) in [5.41, 5.74) is 1.96. The van der Waals surface area contributed by atoms with Crippen molar-refractivity contribution in [2.45, 2.75) is 19.4 Å². The van der Waals surface area contributed by atoms with Gasteiger partial charge >= 0.3 is 5.76 Å². The van der Waals surface area contributed by atoms with Crippen LogP contribution in [0.3, 0.4) is 0 Å². The normalized spacial score (nSPS) is 10.9. The fraction of sp³-hybridized carbons (Fsp3) is 0.300. The van der Waals surface area contributed by atoms with E-state index in [0.717, 1.165) is 5.52 Å². The lowest BCUT2D eigenvalue weighted by Gasteiger charge is -2.09. The van der Waals surface area contributed by atoms with Gasteiger partial charge in [0.2, 0.25) is 5.91 Å². The fourth-order valence-electron chi connectivity index (χ4n) is 2.75. The fourth-order valence-corrected chi connectivity index (χ4v) is 2.75. The molecule has 7 heteroatoms. The maximum atomic E-state index is 12.2. The molecule has 0 aliphatic rings. The molecule has 0 bridgehead atoms. The second-order valence-electron chi connectivity index (χ2n) is 6.01. The molecule has 1 amide bonds. The van der Waals surface area contributed by atoms with Crippen molar-refractivity contribution in [3.8, 4) is 5.75 Å². The highest BCUT2D eigenvalue weighted by Gasteiger charge is 2.09. The number of aryl methyl sites for hydroxylation is 1. The number of aromatic nitrogens is 1. The van der Waals surface area contributed by atoms with Gasteiger partial charge < -0.3 is 19.2 Å². The van der Waals surface area contributed by atoms with Gasteiger partial charge in [0.1, 0.15) is 12.4 Å². The Kier molecular flexibility index (Phi) is 6.27. The van der Waals surface area contributed by atoms with Crippen molar-refractivity contribution < 1.29 is 18.7 Å². The summed E-state index contributed by atoms with van der Waals surface area (Å²) in [5.74, 6) is 0.142. The zero-order valence-electron chi connectivity index (χ0n) is 15.1. The van der Waals surface area contributed by atoms with Crippen LogP contribution in [0.4, 0.5) is 5.69 Å². The summed E-state index contributed by atoms with van der Waals surface area (Å²) in [4.78, 5) is 24.1. The van der Waals surface area contributed by atoms with Gasteiger partial charge in [-0.3, -0.25) is 9.36 Å². The van der Waals surface area contributed by atoms with Gasteiger partial charge in [-0.25, -0.2) is 4.79 Å². The van der Waals surface area contributed by atoms with E-state index in [1.54, 1.807) is 29.9 Å². The zero-order valence-corrected chi connectivity index (χ0v) is 15.1. The first-order valence-corrected chi connectivity index (χ1v) is 8.77. The second-order valence-corrected chi connectivity index (χ2v) is 6.01. The predicted molar refractivity (Wildman–Crippen MR) is 102 cm³/mol. The van der Waals surface area contributed by atoms with Gasteiger partial charge in [-0.15, -0.1) is 0 Å². The standard InChI is InChI=1S/C20H22N2O5/c1-25-12-13-26-16-7-4-6-15(14-16)21-19(23)10-5-11-22-17-8-2-3-9-18(17)27-20(22)24/h2-4,6-9,14H,5,10-13H2,1H3,(H,21,23). The number of nitrogens with one attached hydrogen (secondary N) is 1. The molecule has 0 unspecified atom stereocenters. The first-order valence-electron chi connectivity index (χ1n) is 8.77. The number of hydrogen-bond donors (Lipinski definition) is 1. The van der Waals surface area contributed by atoms with Crippen LogP contribution >= 0.6 is 0 Å². The maximum Gasteiger partial charge on any atom is 0.419 e. The van der Waals surface area contributed by atoms with Crippen LogP contribution in [0.5, 0.6) is 5.75 Å². The number of nitrogens with zero attached hydrogens (tertiary/aromatic N) is 1. The first kappa shape index (κ1) is 18.7. The van der Waals surface area contributed by atoms with Gasteiger partial charge in [-0.05, 0) is 30.7 Å². The average Bonchev–Trinajstić information content (AvgIpc) is 2.98. The van der Waals surface area contributed by atoms with E-state index in [-0.39, 0.29) is 5.91 Å². The summed E-state index contributed by atoms with van der Waals surface area (Å²) in [6, 6.07) is 14.4. The number of methoxy groups -OCH3 is 1. The van der Waals surface area contributed by atoms with Crippen molar-refractivity contribution >= 4 is 22.7 Å². The second kappa shape index (κ2) is 9.05. The molecular weight excluding hydrogens is 348 g/mol. The van der Waals surface area contributed by atoms with Crippen LogP contribution in [0.15, 0.2) is 57.7 Å². The Hall–Kier alpha value is -3.06. The number of fused-ring (bicyclic) bond motifs is 1. The molecule has 1 heterocycles. The monoisotopic (exact) mass is 370 g/mol. The van der Waals surface area contributed by atoms with Gasteiger partial charge in [-0.1, -0.05) is 18.2 Å². The molecule has 2 aromatic carbocycles. The smallest absolute Gasteiger partial charge is 0.419 e. The molecular formula is C20H22N2O5. The van der Waals surface area contributed by atoms with Crippen molar-refractivity contribution in [2.75, 3.05) is 25.6 Å². The SMILES string of the molecule is COCCOc1cccc(NC(=O)CCCn2c(=O)oc3ccccc32)c1. The Balaban J connectivity index is 1.52. The number of carbonyl (C=O) groups is 1. The predicted octanol–water partition coefficient (Wildman–Crippen LogP) is 3.04. The van der Waals surface area contributed by atoms with Crippen LogP contribution in [0.1, 0.15) is 12.8 Å². The van der Waals surface area contributed by atoms with Crippen LogP contribution in [-0.2, 0) is 16.1 Å². The maximum absolute atomic E-state index is 12.2. The summed E-state index contributed by atoms with van der Waals surface area (Å²) in [6.45, 7) is 1.36. The molecule has 0 aliphatic heterocycles. The average molecular weight is 370 g/mol. The molecule has 3 aromatic rings. The Morgan fingerprint density at radius 2 is 2.00 bits per heavy atom. The molecule has 1 aromatic heterocycles. The van der Waals surface area contributed by atoms with Gasteiger partial charge in [0.05, 0.1) is 12.1 Å². The van der Waals surface area contributed by atoms with Crippen LogP contribution in [0, 0.1) is 0 Å². The van der Waals surface area contributed by atoms with Gasteiger partial charge in [0.25, 0.3) is 0 Å². The van der Waals surface area contributed by atoms with Crippen LogP contribution in [0.2, 0.25) is 0 Å². The van der Waals surface area contributed by atoms with E-state index in [1.165, 1.54) is 0 Å². The minimum atomic E-state index is -0.405. The highest BCUT2D eigenvalue weighted by atomic mass is 16.5. The summed E-state index contributed by atoms with van der Waals surface area (Å²) < 4.78 is 17.2. The Morgan fingerprint density at radius 3 is 2.85 bits per heavy atom. The highest BCUT2D eigenvalue weighted by Crippen LogP contribution is 2.18. The van der Waals surface area contributed by atoms with E-state index in [2.05, 4.69) is 5.32 Å². The Morgan fingerprint density at radius 1 is 1.15 bits per heavy atom. The van der Waals surface area contributed by atoms with E-state index in [0.29, 0.717) is 49.6 Å². The van der Waals surface area contributed by atoms with E-state index < -0.39 is 5.76 Å². The zero-order chi connectivity index (χ0) is 19.1. The van der Waals surface area contributed by atoms with Crippen LogP contribution < -0.4 is 15.8 Å². The van der Waals surface area contributed by atoms with E-state index in [9.17, 15) is 9.59 Å². The summed E-state index contributed by atoms with van der Waals surface area (Å²) in [5, 5.41) is 2.84. The van der Waals surface area contributed by atoms with Crippen molar-refractivity contribution in [1.82, 2.24) is 4.57 Å². The number of rotatable bonds is 9. The molecule has 0 aliphatic carbocycles. The number of para-hydroxylation sites is 2. The van der Waals surface area contributed by atoms with Crippen LogP contribution in [0.25, 0.3) is 11.1 Å². The van der Waals surface area contributed by atoms with Gasteiger partial charge in [0.15, 0.2) is 5.58 Å². The number of ether oxygens (including phenoxy) is 2. The van der Waals surface area contributed by atoms with Crippen LogP contribution in [-0.4, -0.2) is 30.8 Å². The van der Waals surface area contributed by atoms with Gasteiger partial charge in [0, 0.05) is 31.8 Å². The Labute approximate surface area is 156 Å². The largest absolute Gasteiger partial charge is 0.491 e. The number of oxazole rings is 1. The minimum absolute atomic E-state index is 0.120. The molecule has 0 radical (unpaired) electrons. The van der Waals surface area contributed by atoms with E-state index in [4.69, 9.17) is 13.9 Å². The lowest BCUT2D eigenvalue weighted by Crippen LogP contribution is -2.17. The number of hydrogen-bond acceptors (Lipinski definition) is 5. The summed E-state index contributed by atoms with van der Waals surface area (Å²) in [7, 11) is 1.61. The van der Waals surface area contributed by atoms with Gasteiger partial charge in [-0.2, -0.15) is 0 Å². The lowest BCUT2D eigenvalue weighted by molar-refractivity contribution is -0.116. The van der Waals surface area contributed by atoms with Crippen molar-refractivity contribution in [2.24, 2.45) is 0 Å². The number of carbonyl (C=O) groups excluding carboxylic acids is 1. The number of benzene rings is 2. The minimum Gasteiger partial charge on any atom is -0.491 e. The summed E-state index contributed by atoms with van der Waals surface area (Å²) >= 11 is 0. The highest BCUT2D eigenvalue weighted by molar-refractivity contribution is 5.90. The molecule has 0 spiro atoms. The molecule has 0 saturated carbocycles. The molecule has 7 nitrogen and oxygen atoms in total. The quantitative estimate of drug-likeness (QED) is 0.586. The van der Waals surface area contributed by atoms with E-state index >= 15 is 0 Å². The third-order valence-electron chi connectivity index (χ3n) is 4.03. The first-order chi connectivity index (χ1) is 13.2. The third-order valence-corrected chi connectivity index (χ3v) is 4.03. The van der Waals surface area contributed by atoms with E-state index in [1.807, 2.05) is 30.3 Å². The topological polar surface area (TPSA) is 82.7 Å². The molecule has 142 valence electrons. The molecule has 0 atom stereocenters. The molecule has 27 heavy (non-hydrogen) atoms. The number of amides is 1. The molecule has 1 N–H and O–H groups in total. The van der Waals surface area contributed by atoms with Crippen molar-refractivity contribution in [3.05, 3.63) is 59.1 Å². The summed E-state index contributed by atoms with van der Waals surface area (Å²) in [6.07, 6.45) is 0.819. The number of anilines is 1. The van der Waals surface area contributed by atoms with Crippen molar-refractivity contribution in [1.29, 1.82) is 0 Å². The lowest BCUT2D eigenvalue weighted by atomic mass is 10.2. The molecule has 3 rings (SSSR count). The molecule has 0 saturated heterocycles. The van der Waals surface area contributed by atoms with Crippen molar-refractivity contribution in [3.63, 3.8) is 0 Å². The third kappa shape index (κ3) is 4.98.